The molecule has 1 atom stereocenters. The summed E-state index contributed by atoms with van der Waals surface area (Å²) < 4.78 is 2.35. The number of amides is 1. The fourth-order valence-electron chi connectivity index (χ4n) is 3.35. The molecule has 1 amide bonds. The van der Waals surface area contributed by atoms with Crippen LogP contribution in [0.2, 0.25) is 0 Å². The highest BCUT2D eigenvalue weighted by molar-refractivity contribution is 5.96. The molecule has 0 N–H and O–H groups in total. The molecule has 0 bridgehead atoms. The van der Waals surface area contributed by atoms with Crippen molar-refractivity contribution >= 4 is 16.9 Å². The average molecular weight is 330 g/mol. The molecule has 1 aliphatic rings. The van der Waals surface area contributed by atoms with Gasteiger partial charge in [-0.25, -0.2) is 9.78 Å². The summed E-state index contributed by atoms with van der Waals surface area (Å²) in [6, 6.07) is 1.56. The van der Waals surface area contributed by atoms with Crippen LogP contribution in [0.25, 0.3) is 11.0 Å². The van der Waals surface area contributed by atoms with Crippen LogP contribution in [0, 0.1) is 5.92 Å². The number of pyridine rings is 1. The minimum Gasteiger partial charge on any atom is -0.338 e. The normalized spacial score (nSPS) is 18.1. The van der Waals surface area contributed by atoms with Crippen LogP contribution < -0.4 is 11.2 Å². The zero-order valence-corrected chi connectivity index (χ0v) is 14.3. The number of fused-ring (bicyclic) bond motifs is 1. The molecule has 7 nitrogen and oxygen atoms in total. The first-order valence-corrected chi connectivity index (χ1v) is 8.29. The molecule has 0 aromatic carbocycles. The van der Waals surface area contributed by atoms with E-state index >= 15 is 0 Å². The Bertz CT molecular complexity index is 912. The highest BCUT2D eigenvalue weighted by atomic mass is 16.2. The van der Waals surface area contributed by atoms with Crippen LogP contribution in [-0.4, -0.2) is 38.0 Å². The molecule has 0 unspecified atom stereocenters. The van der Waals surface area contributed by atoms with Gasteiger partial charge in [-0.05, 0) is 24.8 Å². The zero-order valence-electron chi connectivity index (χ0n) is 14.3. The largest absolute Gasteiger partial charge is 0.338 e. The summed E-state index contributed by atoms with van der Waals surface area (Å²) in [4.78, 5) is 43.1. The van der Waals surface area contributed by atoms with Gasteiger partial charge in [0.25, 0.3) is 11.5 Å². The smallest absolute Gasteiger partial charge is 0.332 e. The molecule has 2 aromatic heterocycles. The molecular weight excluding hydrogens is 308 g/mol. The van der Waals surface area contributed by atoms with Gasteiger partial charge in [-0.2, -0.15) is 0 Å². The molecule has 24 heavy (non-hydrogen) atoms. The number of hydrogen-bond donors (Lipinski definition) is 0. The van der Waals surface area contributed by atoms with E-state index in [1.165, 1.54) is 17.8 Å². The quantitative estimate of drug-likeness (QED) is 0.819. The number of likely N-dealkylation sites (tertiary alicyclic amines) is 1. The van der Waals surface area contributed by atoms with Crippen LogP contribution in [0.5, 0.6) is 0 Å². The molecule has 7 heteroatoms. The number of aromatic nitrogens is 3. The monoisotopic (exact) mass is 330 g/mol. The predicted octanol–water partition coefficient (Wildman–Crippen LogP) is 0.894. The van der Waals surface area contributed by atoms with E-state index in [0.717, 1.165) is 36.9 Å². The summed E-state index contributed by atoms with van der Waals surface area (Å²) >= 11 is 0. The minimum atomic E-state index is -0.430. The van der Waals surface area contributed by atoms with Gasteiger partial charge in [0.2, 0.25) is 0 Å². The number of rotatable bonds is 2. The average Bonchev–Trinajstić information content (AvgIpc) is 2.63. The molecular formula is C17H22N4O3. The van der Waals surface area contributed by atoms with Crippen LogP contribution in [-0.2, 0) is 14.1 Å². The van der Waals surface area contributed by atoms with Crippen molar-refractivity contribution in [3.63, 3.8) is 0 Å². The Morgan fingerprint density at radius 2 is 2.04 bits per heavy atom. The molecule has 128 valence electrons. The molecule has 3 heterocycles. The van der Waals surface area contributed by atoms with Gasteiger partial charge in [-0.3, -0.25) is 18.7 Å². The molecule has 0 aliphatic carbocycles. The molecule has 1 aliphatic heterocycles. The van der Waals surface area contributed by atoms with Crippen molar-refractivity contribution in [1.82, 2.24) is 19.0 Å². The van der Waals surface area contributed by atoms with Crippen LogP contribution in [0.4, 0.5) is 0 Å². The maximum absolute atomic E-state index is 12.8. The lowest BCUT2D eigenvalue weighted by Gasteiger charge is -2.32. The van der Waals surface area contributed by atoms with Crippen LogP contribution in [0.15, 0.2) is 21.9 Å². The molecule has 1 saturated heterocycles. The zero-order chi connectivity index (χ0) is 17.4. The second-order valence-electron chi connectivity index (χ2n) is 6.47. The maximum Gasteiger partial charge on any atom is 0.332 e. The number of piperidine rings is 1. The van der Waals surface area contributed by atoms with Crippen LogP contribution in [0.1, 0.15) is 36.5 Å². The van der Waals surface area contributed by atoms with Crippen LogP contribution in [0.3, 0.4) is 0 Å². The van der Waals surface area contributed by atoms with Crippen molar-refractivity contribution in [2.24, 2.45) is 20.0 Å². The van der Waals surface area contributed by atoms with Gasteiger partial charge in [0, 0.05) is 33.4 Å². The van der Waals surface area contributed by atoms with Gasteiger partial charge in [-0.15, -0.1) is 0 Å². The van der Waals surface area contributed by atoms with E-state index in [9.17, 15) is 14.4 Å². The van der Waals surface area contributed by atoms with E-state index in [4.69, 9.17) is 0 Å². The third-order valence-electron chi connectivity index (χ3n) is 4.92. The van der Waals surface area contributed by atoms with Crippen molar-refractivity contribution in [2.45, 2.75) is 26.2 Å². The van der Waals surface area contributed by atoms with Gasteiger partial charge < -0.3 is 4.90 Å². The van der Waals surface area contributed by atoms with Crippen molar-refractivity contribution < 1.29 is 4.79 Å². The highest BCUT2D eigenvalue weighted by Crippen LogP contribution is 2.21. The number of carbonyl (C=O) groups is 1. The lowest BCUT2D eigenvalue weighted by atomic mass is 9.95. The second kappa shape index (κ2) is 6.22. The van der Waals surface area contributed by atoms with Crippen molar-refractivity contribution in [3.05, 3.63) is 38.7 Å². The third kappa shape index (κ3) is 2.64. The fraction of sp³-hybridized carbons (Fsp3) is 0.529. The fourth-order valence-corrected chi connectivity index (χ4v) is 3.35. The summed E-state index contributed by atoms with van der Waals surface area (Å²) in [6.45, 7) is 3.62. The van der Waals surface area contributed by atoms with E-state index in [1.54, 1.807) is 13.1 Å². The van der Waals surface area contributed by atoms with E-state index in [-0.39, 0.29) is 11.3 Å². The Balaban J connectivity index is 2.03. The number of nitrogens with zero attached hydrogens (tertiary/aromatic N) is 4. The number of carbonyl (C=O) groups excluding carboxylic acids is 1. The van der Waals surface area contributed by atoms with Gasteiger partial charge in [-0.1, -0.05) is 13.3 Å². The first kappa shape index (κ1) is 16.4. The summed E-state index contributed by atoms with van der Waals surface area (Å²) in [6.07, 6.45) is 4.67. The molecule has 1 fully saturated rings. The molecule has 0 saturated carbocycles. The predicted molar refractivity (Wildman–Crippen MR) is 91.1 cm³/mol. The first-order valence-electron chi connectivity index (χ1n) is 8.29. The summed E-state index contributed by atoms with van der Waals surface area (Å²) in [7, 11) is 2.99. The SMILES string of the molecule is CC[C@H]1CCCN(C(=O)c2cnc3c(c2)c(=O)n(C)c(=O)n3C)C1. The highest BCUT2D eigenvalue weighted by Gasteiger charge is 2.24. The van der Waals surface area contributed by atoms with Gasteiger partial charge in [0.05, 0.1) is 10.9 Å². The van der Waals surface area contributed by atoms with Gasteiger partial charge in [0.1, 0.15) is 5.65 Å². The summed E-state index contributed by atoms with van der Waals surface area (Å²) in [5.41, 5.74) is -0.166. The maximum atomic E-state index is 12.8. The number of hydrogen-bond acceptors (Lipinski definition) is 4. The second-order valence-corrected chi connectivity index (χ2v) is 6.47. The Labute approximate surface area is 139 Å². The summed E-state index contributed by atoms with van der Waals surface area (Å²) in [5.74, 6) is 0.434. The van der Waals surface area contributed by atoms with Crippen molar-refractivity contribution in [1.29, 1.82) is 0 Å². The Morgan fingerprint density at radius 1 is 1.29 bits per heavy atom. The molecule has 0 spiro atoms. The first-order chi connectivity index (χ1) is 11.4. The van der Waals surface area contributed by atoms with E-state index in [0.29, 0.717) is 17.1 Å². The van der Waals surface area contributed by atoms with Gasteiger partial charge in [0.15, 0.2) is 0 Å². The van der Waals surface area contributed by atoms with Gasteiger partial charge >= 0.3 is 5.69 Å². The Kier molecular flexibility index (Phi) is 4.26. The topological polar surface area (TPSA) is 77.2 Å². The molecule has 3 rings (SSSR count). The molecule has 0 radical (unpaired) electrons. The number of aryl methyl sites for hydroxylation is 1. The van der Waals surface area contributed by atoms with E-state index in [2.05, 4.69) is 11.9 Å². The standard InChI is InChI=1S/C17H22N4O3/c1-4-11-6-5-7-21(10-11)15(22)12-8-13-14(18-9-12)19(2)17(24)20(3)16(13)23/h8-9,11H,4-7,10H2,1-3H3/t11-/m0/s1. The van der Waals surface area contributed by atoms with E-state index in [1.807, 2.05) is 4.90 Å². The minimum absolute atomic E-state index is 0.0987. The molecule has 2 aromatic rings. The lowest BCUT2D eigenvalue weighted by Crippen LogP contribution is -2.40. The van der Waals surface area contributed by atoms with Crippen LogP contribution >= 0.6 is 0 Å². The Hall–Kier alpha value is -2.44. The van der Waals surface area contributed by atoms with E-state index < -0.39 is 11.2 Å². The van der Waals surface area contributed by atoms with Crippen molar-refractivity contribution in [3.8, 4) is 0 Å². The summed E-state index contributed by atoms with van der Waals surface area (Å²) in [5, 5.41) is 0.287. The lowest BCUT2D eigenvalue weighted by molar-refractivity contribution is 0.0671. The van der Waals surface area contributed by atoms with Crippen molar-refractivity contribution in [2.75, 3.05) is 13.1 Å². The Morgan fingerprint density at radius 3 is 2.75 bits per heavy atom. The third-order valence-corrected chi connectivity index (χ3v) is 4.92.